The summed E-state index contributed by atoms with van der Waals surface area (Å²) in [5.41, 5.74) is 1.00. The Balaban J connectivity index is 2.55. The van der Waals surface area contributed by atoms with Crippen molar-refractivity contribution in [2.45, 2.75) is 31.1 Å². The van der Waals surface area contributed by atoms with Gasteiger partial charge in [0.1, 0.15) is 5.25 Å². The zero-order valence-electron chi connectivity index (χ0n) is 10.8. The Kier molecular flexibility index (Phi) is 6.79. The van der Waals surface area contributed by atoms with Crippen LogP contribution in [-0.4, -0.2) is 37.4 Å². The van der Waals surface area contributed by atoms with E-state index in [0.29, 0.717) is 6.42 Å². The normalized spacial score (nSPS) is 15.1. The number of halogens is 1. The van der Waals surface area contributed by atoms with Crippen LogP contribution >= 0.6 is 11.6 Å². The minimum absolute atomic E-state index is 0.0673. The van der Waals surface area contributed by atoms with Gasteiger partial charge in [0, 0.05) is 5.88 Å². The summed E-state index contributed by atoms with van der Waals surface area (Å²) in [7, 11) is -3.79. The van der Waals surface area contributed by atoms with E-state index >= 15 is 0 Å². The number of alkyl halides is 1. The van der Waals surface area contributed by atoms with Crippen molar-refractivity contribution in [3.05, 3.63) is 35.9 Å². The third-order valence-corrected chi connectivity index (χ3v) is 5.04. The molecule has 4 nitrogen and oxygen atoms in total. The Morgan fingerprint density at radius 2 is 1.95 bits per heavy atom. The summed E-state index contributed by atoms with van der Waals surface area (Å²) in [6.45, 7) is 1.75. The van der Waals surface area contributed by atoms with E-state index in [1.807, 2.05) is 30.3 Å². The first-order valence-electron chi connectivity index (χ1n) is 6.17. The zero-order valence-corrected chi connectivity index (χ0v) is 12.4. The summed E-state index contributed by atoms with van der Waals surface area (Å²) in [6, 6.07) is 9.47. The summed E-state index contributed by atoms with van der Waals surface area (Å²) in [5, 5.41) is 8.61. The highest BCUT2D eigenvalue weighted by Gasteiger charge is 2.31. The molecule has 0 fully saturated rings. The minimum atomic E-state index is -3.79. The van der Waals surface area contributed by atoms with Gasteiger partial charge in [0.25, 0.3) is 10.1 Å². The van der Waals surface area contributed by atoms with Crippen LogP contribution in [0.3, 0.4) is 0 Å². The highest BCUT2D eigenvalue weighted by atomic mass is 35.5. The van der Waals surface area contributed by atoms with Gasteiger partial charge in [-0.05, 0) is 18.4 Å². The van der Waals surface area contributed by atoms with Crippen molar-refractivity contribution in [3.63, 3.8) is 0 Å². The number of benzene rings is 1. The average Bonchev–Trinajstić information content (AvgIpc) is 2.40. The molecule has 0 saturated carbocycles. The van der Waals surface area contributed by atoms with Crippen LogP contribution in [0.5, 0.6) is 0 Å². The second kappa shape index (κ2) is 7.85. The van der Waals surface area contributed by atoms with Crippen molar-refractivity contribution in [2.24, 2.45) is 0 Å². The van der Waals surface area contributed by atoms with Crippen LogP contribution in [0.1, 0.15) is 18.9 Å². The van der Waals surface area contributed by atoms with Gasteiger partial charge < -0.3 is 5.11 Å². The topological polar surface area (TPSA) is 63.6 Å². The van der Waals surface area contributed by atoms with Crippen molar-refractivity contribution in [3.8, 4) is 0 Å². The predicted octanol–water partition coefficient (Wildman–Crippen LogP) is 1.95. The molecule has 0 radical (unpaired) electrons. The third-order valence-electron chi connectivity index (χ3n) is 2.84. The molecule has 0 spiro atoms. The summed E-state index contributed by atoms with van der Waals surface area (Å²) >= 11 is 5.49. The third kappa shape index (κ3) is 5.10. The molecule has 0 amide bonds. The first kappa shape index (κ1) is 16.4. The molecule has 108 valence electrons. The van der Waals surface area contributed by atoms with Crippen molar-refractivity contribution < 1.29 is 17.7 Å². The van der Waals surface area contributed by atoms with Crippen LogP contribution in [0, 0.1) is 0 Å². The van der Waals surface area contributed by atoms with Gasteiger partial charge in [0.05, 0.1) is 12.7 Å². The van der Waals surface area contributed by atoms with Gasteiger partial charge in [-0.1, -0.05) is 37.3 Å². The molecule has 2 atom stereocenters. The number of aliphatic hydroxyl groups excluding tert-OH is 1. The molecular formula is C13H19ClO4S. The fourth-order valence-electron chi connectivity index (χ4n) is 1.78. The quantitative estimate of drug-likeness (QED) is 0.589. The molecule has 1 aromatic rings. The largest absolute Gasteiger partial charge is 0.390 e. The lowest BCUT2D eigenvalue weighted by Gasteiger charge is -2.19. The Morgan fingerprint density at radius 3 is 2.47 bits per heavy atom. The SMILES string of the molecule is CC[C@H]([C@@H](O)CCl)S(=O)(=O)OCCc1ccccc1. The van der Waals surface area contributed by atoms with Gasteiger partial charge in [-0.25, -0.2) is 0 Å². The molecule has 0 bridgehead atoms. The molecular weight excluding hydrogens is 288 g/mol. The van der Waals surface area contributed by atoms with Gasteiger partial charge in [0.2, 0.25) is 0 Å². The first-order chi connectivity index (χ1) is 9.01. The van der Waals surface area contributed by atoms with E-state index in [0.717, 1.165) is 5.56 Å². The smallest absolute Gasteiger partial charge is 0.272 e. The molecule has 0 heterocycles. The van der Waals surface area contributed by atoms with Crippen molar-refractivity contribution >= 4 is 21.7 Å². The first-order valence-corrected chi connectivity index (χ1v) is 8.18. The Hall–Kier alpha value is -0.620. The molecule has 0 unspecified atom stereocenters. The van der Waals surface area contributed by atoms with E-state index in [1.54, 1.807) is 6.92 Å². The maximum Gasteiger partial charge on any atom is 0.272 e. The van der Waals surface area contributed by atoms with Gasteiger partial charge in [0.15, 0.2) is 0 Å². The van der Waals surface area contributed by atoms with E-state index in [4.69, 9.17) is 15.8 Å². The van der Waals surface area contributed by atoms with Gasteiger partial charge in [-0.2, -0.15) is 8.42 Å². The summed E-state index contributed by atoms with van der Waals surface area (Å²) in [5.74, 6) is -0.125. The highest BCUT2D eigenvalue weighted by molar-refractivity contribution is 7.87. The Labute approximate surface area is 119 Å². The summed E-state index contributed by atoms with van der Waals surface area (Å²) in [4.78, 5) is 0. The predicted molar refractivity (Wildman–Crippen MR) is 75.8 cm³/mol. The lowest BCUT2D eigenvalue weighted by molar-refractivity contribution is 0.180. The second-order valence-electron chi connectivity index (χ2n) is 4.22. The number of rotatable bonds is 8. The van der Waals surface area contributed by atoms with E-state index in [-0.39, 0.29) is 18.9 Å². The summed E-state index contributed by atoms with van der Waals surface area (Å²) in [6.07, 6.45) is -0.330. The number of hydrogen-bond donors (Lipinski definition) is 1. The number of aliphatic hydroxyl groups is 1. The van der Waals surface area contributed by atoms with Gasteiger partial charge in [-0.15, -0.1) is 11.6 Å². The molecule has 1 rings (SSSR count). The lowest BCUT2D eigenvalue weighted by atomic mass is 10.2. The van der Waals surface area contributed by atoms with E-state index in [1.165, 1.54) is 0 Å². The van der Waals surface area contributed by atoms with Crippen LogP contribution in [0.15, 0.2) is 30.3 Å². The minimum Gasteiger partial charge on any atom is -0.390 e. The van der Waals surface area contributed by atoms with Crippen LogP contribution in [-0.2, 0) is 20.7 Å². The molecule has 0 aromatic heterocycles. The van der Waals surface area contributed by atoms with E-state index in [9.17, 15) is 13.5 Å². The molecule has 1 aromatic carbocycles. The Bertz CT molecular complexity index is 461. The van der Waals surface area contributed by atoms with Crippen LogP contribution in [0.2, 0.25) is 0 Å². The van der Waals surface area contributed by atoms with Crippen molar-refractivity contribution in [1.82, 2.24) is 0 Å². The molecule has 1 N–H and O–H groups in total. The van der Waals surface area contributed by atoms with Gasteiger partial charge in [-0.3, -0.25) is 4.18 Å². The molecule has 0 aliphatic carbocycles. The van der Waals surface area contributed by atoms with Gasteiger partial charge >= 0.3 is 0 Å². The fraction of sp³-hybridized carbons (Fsp3) is 0.538. The maximum atomic E-state index is 11.9. The molecule has 6 heteroatoms. The van der Waals surface area contributed by atoms with Crippen LogP contribution in [0.25, 0.3) is 0 Å². The second-order valence-corrected chi connectivity index (χ2v) is 6.35. The maximum absolute atomic E-state index is 11.9. The van der Waals surface area contributed by atoms with E-state index in [2.05, 4.69) is 0 Å². The number of hydrogen-bond acceptors (Lipinski definition) is 4. The zero-order chi connectivity index (χ0) is 14.3. The fourth-order valence-corrected chi connectivity index (χ4v) is 3.48. The molecule has 19 heavy (non-hydrogen) atoms. The Morgan fingerprint density at radius 1 is 1.32 bits per heavy atom. The van der Waals surface area contributed by atoms with Crippen molar-refractivity contribution in [2.75, 3.05) is 12.5 Å². The van der Waals surface area contributed by atoms with Crippen LogP contribution < -0.4 is 0 Å². The van der Waals surface area contributed by atoms with Crippen molar-refractivity contribution in [1.29, 1.82) is 0 Å². The highest BCUT2D eigenvalue weighted by Crippen LogP contribution is 2.15. The van der Waals surface area contributed by atoms with E-state index < -0.39 is 21.5 Å². The van der Waals surface area contributed by atoms with Crippen LogP contribution in [0.4, 0.5) is 0 Å². The monoisotopic (exact) mass is 306 g/mol. The molecule has 0 saturated heterocycles. The molecule has 0 aliphatic rings. The molecule has 0 aliphatic heterocycles. The summed E-state index contributed by atoms with van der Waals surface area (Å²) < 4.78 is 28.8. The lowest BCUT2D eigenvalue weighted by Crippen LogP contribution is -2.36. The average molecular weight is 307 g/mol. The standard InChI is InChI=1S/C13H19ClO4S/c1-2-13(12(15)10-14)19(16,17)18-9-8-11-6-4-3-5-7-11/h3-7,12-13,15H,2,8-10H2,1H3/t12-,13+/m0/s1.